The van der Waals surface area contributed by atoms with Gasteiger partial charge in [0.1, 0.15) is 5.69 Å². The van der Waals surface area contributed by atoms with Crippen LogP contribution in [-0.2, 0) is 0 Å². The van der Waals surface area contributed by atoms with Crippen molar-refractivity contribution < 1.29 is 4.79 Å². The Hall–Kier alpha value is -1.37. The van der Waals surface area contributed by atoms with Crippen LogP contribution in [0.15, 0.2) is 40.1 Å². The first-order chi connectivity index (χ1) is 11.2. The van der Waals surface area contributed by atoms with Crippen molar-refractivity contribution in [2.24, 2.45) is 0 Å². The largest absolute Gasteiger partial charge is 0.306 e. The number of piperidine rings is 1. The summed E-state index contributed by atoms with van der Waals surface area (Å²) in [5.41, 5.74) is 3.24. The van der Waals surface area contributed by atoms with Crippen LogP contribution in [-0.4, -0.2) is 48.2 Å². The molecule has 1 saturated heterocycles. The monoisotopic (exact) mass is 347 g/mol. The van der Waals surface area contributed by atoms with Gasteiger partial charge in [-0.25, -0.2) is 4.98 Å². The average Bonchev–Trinajstić information content (AvgIpc) is 3.11. The summed E-state index contributed by atoms with van der Waals surface area (Å²) >= 11 is 3.16. The van der Waals surface area contributed by atoms with Gasteiger partial charge in [-0.05, 0) is 57.4 Å². The minimum atomic E-state index is 0.0130. The second-order valence-corrected chi connectivity index (χ2v) is 7.38. The molecule has 0 saturated carbocycles. The molecule has 3 rings (SSSR count). The highest BCUT2D eigenvalue weighted by atomic mass is 32.2. The SMILES string of the molecule is CSc1cccc(N(C(=O)c2cscn2)C2CCN(C)CC2)c1. The number of likely N-dealkylation sites (tertiary alicyclic amines) is 1. The molecule has 1 aliphatic rings. The molecule has 0 atom stereocenters. The molecule has 1 aromatic carbocycles. The number of nitrogens with zero attached hydrogens (tertiary/aromatic N) is 3. The number of thioether (sulfide) groups is 1. The molecule has 2 aromatic rings. The van der Waals surface area contributed by atoms with E-state index in [1.165, 1.54) is 16.2 Å². The van der Waals surface area contributed by atoms with Crippen LogP contribution < -0.4 is 4.90 Å². The first-order valence-electron chi connectivity index (χ1n) is 7.73. The number of amides is 1. The Labute approximate surface area is 145 Å². The van der Waals surface area contributed by atoms with Crippen LogP contribution in [0.5, 0.6) is 0 Å². The van der Waals surface area contributed by atoms with E-state index in [0.29, 0.717) is 5.69 Å². The van der Waals surface area contributed by atoms with Gasteiger partial charge in [-0.15, -0.1) is 23.1 Å². The average molecular weight is 348 g/mol. The van der Waals surface area contributed by atoms with Crippen molar-refractivity contribution in [2.75, 3.05) is 31.3 Å². The summed E-state index contributed by atoms with van der Waals surface area (Å²) in [6, 6.07) is 8.47. The number of carbonyl (C=O) groups excluding carboxylic acids is 1. The first kappa shape index (κ1) is 16.5. The number of carbonyl (C=O) groups is 1. The Morgan fingerprint density at radius 1 is 1.39 bits per heavy atom. The Kier molecular flexibility index (Phi) is 5.35. The Morgan fingerprint density at radius 2 is 2.17 bits per heavy atom. The molecular weight excluding hydrogens is 326 g/mol. The zero-order valence-electron chi connectivity index (χ0n) is 13.4. The van der Waals surface area contributed by atoms with Gasteiger partial charge in [0.15, 0.2) is 0 Å². The van der Waals surface area contributed by atoms with Crippen molar-refractivity contribution in [3.8, 4) is 0 Å². The third-order valence-corrected chi connectivity index (χ3v) is 5.57. The molecule has 122 valence electrons. The van der Waals surface area contributed by atoms with Gasteiger partial charge in [-0.3, -0.25) is 4.79 Å². The summed E-state index contributed by atoms with van der Waals surface area (Å²) in [6.45, 7) is 2.04. The van der Waals surface area contributed by atoms with Crippen LogP contribution in [0.25, 0.3) is 0 Å². The summed E-state index contributed by atoms with van der Waals surface area (Å²) in [4.78, 5) is 22.7. The van der Waals surface area contributed by atoms with Crippen molar-refractivity contribution in [3.63, 3.8) is 0 Å². The fourth-order valence-corrected chi connectivity index (χ4v) is 3.93. The van der Waals surface area contributed by atoms with Crippen molar-refractivity contribution in [1.29, 1.82) is 0 Å². The van der Waals surface area contributed by atoms with Crippen LogP contribution in [0, 0.1) is 0 Å². The van der Waals surface area contributed by atoms with E-state index >= 15 is 0 Å². The molecule has 0 bridgehead atoms. The third kappa shape index (κ3) is 3.76. The Morgan fingerprint density at radius 3 is 2.83 bits per heavy atom. The molecule has 6 heteroatoms. The van der Waals surface area contributed by atoms with E-state index in [1.54, 1.807) is 17.3 Å². The number of thiazole rings is 1. The van der Waals surface area contributed by atoms with Crippen LogP contribution in [0.4, 0.5) is 5.69 Å². The van der Waals surface area contributed by atoms with Crippen molar-refractivity contribution in [1.82, 2.24) is 9.88 Å². The minimum absolute atomic E-state index is 0.0130. The summed E-state index contributed by atoms with van der Waals surface area (Å²) in [7, 11) is 2.14. The fourth-order valence-electron chi connectivity index (χ4n) is 2.95. The number of aromatic nitrogens is 1. The Bertz CT molecular complexity index is 652. The van der Waals surface area contributed by atoms with Crippen molar-refractivity contribution in [2.45, 2.75) is 23.8 Å². The van der Waals surface area contributed by atoms with E-state index in [9.17, 15) is 4.79 Å². The molecule has 0 radical (unpaired) electrons. The standard InChI is InChI=1S/C17H21N3OS2/c1-19-8-6-13(7-9-19)20(17(21)16-11-23-12-18-16)14-4-3-5-15(10-14)22-2/h3-5,10-13H,6-9H2,1-2H3. The molecule has 23 heavy (non-hydrogen) atoms. The quantitative estimate of drug-likeness (QED) is 0.792. The van der Waals surface area contributed by atoms with Gasteiger partial charge in [0.2, 0.25) is 0 Å². The highest BCUT2D eigenvalue weighted by molar-refractivity contribution is 7.98. The van der Waals surface area contributed by atoms with E-state index in [-0.39, 0.29) is 11.9 Å². The van der Waals surface area contributed by atoms with Crippen LogP contribution in [0.1, 0.15) is 23.3 Å². The number of rotatable bonds is 4. The molecule has 0 unspecified atom stereocenters. The molecule has 4 nitrogen and oxygen atoms in total. The molecule has 0 aliphatic carbocycles. The van der Waals surface area contributed by atoms with E-state index in [0.717, 1.165) is 31.6 Å². The van der Waals surface area contributed by atoms with E-state index in [1.807, 2.05) is 22.4 Å². The lowest BCUT2D eigenvalue weighted by Crippen LogP contribution is -2.47. The maximum Gasteiger partial charge on any atom is 0.277 e. The summed E-state index contributed by atoms with van der Waals surface area (Å²) < 4.78 is 0. The van der Waals surface area contributed by atoms with E-state index < -0.39 is 0 Å². The molecule has 2 heterocycles. The van der Waals surface area contributed by atoms with Crippen molar-refractivity contribution >= 4 is 34.7 Å². The second kappa shape index (κ2) is 7.47. The van der Waals surface area contributed by atoms with Gasteiger partial charge in [0.05, 0.1) is 5.51 Å². The highest BCUT2D eigenvalue weighted by Crippen LogP contribution is 2.28. The minimum Gasteiger partial charge on any atom is -0.306 e. The van der Waals surface area contributed by atoms with Gasteiger partial charge in [0.25, 0.3) is 5.91 Å². The maximum atomic E-state index is 13.0. The van der Waals surface area contributed by atoms with Crippen LogP contribution >= 0.6 is 23.1 Å². The van der Waals surface area contributed by atoms with Gasteiger partial charge >= 0.3 is 0 Å². The smallest absolute Gasteiger partial charge is 0.277 e. The molecule has 1 amide bonds. The van der Waals surface area contributed by atoms with Crippen molar-refractivity contribution in [3.05, 3.63) is 40.8 Å². The van der Waals surface area contributed by atoms with Crippen LogP contribution in [0.3, 0.4) is 0 Å². The lowest BCUT2D eigenvalue weighted by Gasteiger charge is -2.37. The zero-order chi connectivity index (χ0) is 16.2. The lowest BCUT2D eigenvalue weighted by atomic mass is 10.0. The van der Waals surface area contributed by atoms with E-state index in [2.05, 4.69) is 35.3 Å². The summed E-state index contributed by atoms with van der Waals surface area (Å²) in [6.07, 6.45) is 4.05. The predicted molar refractivity (Wildman–Crippen MR) is 97.7 cm³/mol. The second-order valence-electron chi connectivity index (χ2n) is 5.78. The molecule has 1 aromatic heterocycles. The normalized spacial score (nSPS) is 16.4. The van der Waals surface area contributed by atoms with Gasteiger partial charge < -0.3 is 9.80 Å². The molecular formula is C17H21N3OS2. The number of hydrogen-bond donors (Lipinski definition) is 0. The third-order valence-electron chi connectivity index (χ3n) is 4.25. The topological polar surface area (TPSA) is 36.4 Å². The molecule has 1 fully saturated rings. The van der Waals surface area contributed by atoms with Gasteiger partial charge in [-0.2, -0.15) is 0 Å². The zero-order valence-corrected chi connectivity index (χ0v) is 15.1. The number of hydrogen-bond acceptors (Lipinski definition) is 5. The molecule has 1 aliphatic heterocycles. The van der Waals surface area contributed by atoms with Gasteiger partial charge in [0, 0.05) is 22.0 Å². The van der Waals surface area contributed by atoms with Crippen LogP contribution in [0.2, 0.25) is 0 Å². The summed E-state index contributed by atoms with van der Waals surface area (Å²) in [5, 5.41) is 1.84. The number of benzene rings is 1. The number of anilines is 1. The Balaban J connectivity index is 1.94. The fraction of sp³-hybridized carbons (Fsp3) is 0.412. The van der Waals surface area contributed by atoms with E-state index in [4.69, 9.17) is 0 Å². The molecule has 0 spiro atoms. The molecule has 0 N–H and O–H groups in total. The first-order valence-corrected chi connectivity index (χ1v) is 9.90. The summed E-state index contributed by atoms with van der Waals surface area (Å²) in [5.74, 6) is 0.0130. The predicted octanol–water partition coefficient (Wildman–Crippen LogP) is 3.61. The highest BCUT2D eigenvalue weighted by Gasteiger charge is 2.30. The lowest BCUT2D eigenvalue weighted by molar-refractivity contribution is 0.0959. The maximum absolute atomic E-state index is 13.0. The van der Waals surface area contributed by atoms with Gasteiger partial charge in [-0.1, -0.05) is 6.07 Å².